The molecule has 2 aromatic carbocycles. The van der Waals surface area contributed by atoms with Crippen LogP contribution in [0.4, 0.5) is 5.82 Å². The van der Waals surface area contributed by atoms with Crippen LogP contribution in [0.5, 0.6) is 11.5 Å². The lowest BCUT2D eigenvalue weighted by Gasteiger charge is -2.39. The molecule has 1 fully saturated rings. The summed E-state index contributed by atoms with van der Waals surface area (Å²) in [6.45, 7) is 1.65. The molecule has 34 heavy (non-hydrogen) atoms. The van der Waals surface area contributed by atoms with Gasteiger partial charge in [-0.05, 0) is 36.4 Å². The summed E-state index contributed by atoms with van der Waals surface area (Å²) in [7, 11) is 0. The molecule has 0 saturated carbocycles. The highest BCUT2D eigenvalue weighted by Gasteiger charge is 2.34. The number of hydrogen-bond acceptors (Lipinski definition) is 8. The number of nitrogen functional groups attached to an aromatic ring is 1. The van der Waals surface area contributed by atoms with Crippen molar-refractivity contribution in [3.8, 4) is 22.8 Å². The molecule has 1 aliphatic heterocycles. The third-order valence-electron chi connectivity index (χ3n) is 5.75. The summed E-state index contributed by atoms with van der Waals surface area (Å²) in [6, 6.07) is 17.2. The second-order valence-corrected chi connectivity index (χ2v) is 8.04. The predicted molar refractivity (Wildman–Crippen MR) is 127 cm³/mol. The van der Waals surface area contributed by atoms with Crippen molar-refractivity contribution in [3.05, 3.63) is 60.9 Å². The fourth-order valence-corrected chi connectivity index (χ4v) is 3.96. The molecule has 0 spiro atoms. The Balaban J connectivity index is 1.37. The summed E-state index contributed by atoms with van der Waals surface area (Å²) in [4.78, 5) is 22.6. The molecule has 10 heteroatoms. The number of fused-ring (bicyclic) bond motifs is 1. The largest absolute Gasteiger partial charge is 0.457 e. The Bertz CT molecular complexity index is 1290. The zero-order valence-corrected chi connectivity index (χ0v) is 18.5. The van der Waals surface area contributed by atoms with Crippen LogP contribution in [0.15, 0.2) is 60.9 Å². The number of ether oxygens (including phenoxy) is 1. The van der Waals surface area contributed by atoms with Crippen LogP contribution in [0.1, 0.15) is 6.04 Å². The molecule has 1 aliphatic rings. The number of hydrogen-bond donors (Lipinski definition) is 3. The van der Waals surface area contributed by atoms with Gasteiger partial charge in [-0.1, -0.05) is 18.2 Å². The number of nitrogens with two attached hydrogens (primary N) is 1. The van der Waals surface area contributed by atoms with Gasteiger partial charge >= 0.3 is 0 Å². The predicted octanol–water partition coefficient (Wildman–Crippen LogP) is 1.83. The summed E-state index contributed by atoms with van der Waals surface area (Å²) in [5.74, 6) is 1.82. The number of aliphatic hydroxyl groups is 1. The van der Waals surface area contributed by atoms with E-state index in [-0.39, 0.29) is 25.1 Å². The maximum absolute atomic E-state index is 12.3. The van der Waals surface area contributed by atoms with Crippen LogP contribution < -0.4 is 15.8 Å². The molecule has 10 nitrogen and oxygen atoms in total. The van der Waals surface area contributed by atoms with E-state index in [0.717, 1.165) is 11.3 Å². The molecule has 0 atom stereocenters. The van der Waals surface area contributed by atoms with Crippen LogP contribution in [-0.4, -0.2) is 68.4 Å². The number of anilines is 1. The van der Waals surface area contributed by atoms with Gasteiger partial charge in [-0.25, -0.2) is 14.6 Å². The first-order valence-electron chi connectivity index (χ1n) is 11.1. The van der Waals surface area contributed by atoms with Crippen molar-refractivity contribution in [1.82, 2.24) is 30.0 Å². The molecule has 0 aliphatic carbocycles. The standard InChI is InChI=1S/C24H25N7O3/c25-23-21-22(16-6-8-19(9-7-16)34-18-4-2-1-3-5-18)29-31(24(21)28-15-27-23)17-13-30(14-17)20(33)12-26-10-11-32/h1-9,15,17,26,32H,10-14H2,(H2,25,27,28). The summed E-state index contributed by atoms with van der Waals surface area (Å²) in [5, 5.41) is 17.3. The molecule has 3 heterocycles. The lowest BCUT2D eigenvalue weighted by molar-refractivity contribution is -0.136. The Morgan fingerprint density at radius 2 is 1.82 bits per heavy atom. The van der Waals surface area contributed by atoms with Gasteiger partial charge in [-0.2, -0.15) is 5.10 Å². The summed E-state index contributed by atoms with van der Waals surface area (Å²) in [6.07, 6.45) is 1.43. The monoisotopic (exact) mass is 459 g/mol. The van der Waals surface area contributed by atoms with Gasteiger partial charge in [0.05, 0.1) is 24.6 Å². The van der Waals surface area contributed by atoms with Crippen molar-refractivity contribution in [2.75, 3.05) is 38.5 Å². The highest BCUT2D eigenvalue weighted by Crippen LogP contribution is 2.34. The number of nitrogens with one attached hydrogen (secondary N) is 1. The molecule has 0 bridgehead atoms. The number of carbonyl (C=O) groups excluding carboxylic acids is 1. The normalized spacial score (nSPS) is 13.7. The van der Waals surface area contributed by atoms with Crippen LogP contribution in [0.25, 0.3) is 22.3 Å². The number of carbonyl (C=O) groups is 1. The average Bonchev–Trinajstić information content (AvgIpc) is 3.20. The fourth-order valence-electron chi connectivity index (χ4n) is 3.96. The third-order valence-corrected chi connectivity index (χ3v) is 5.75. The molecule has 4 N–H and O–H groups in total. The molecular formula is C24H25N7O3. The van der Waals surface area contributed by atoms with E-state index in [1.807, 2.05) is 59.3 Å². The smallest absolute Gasteiger partial charge is 0.236 e. The van der Waals surface area contributed by atoms with Crippen LogP contribution in [0.2, 0.25) is 0 Å². The Morgan fingerprint density at radius 1 is 1.09 bits per heavy atom. The molecular weight excluding hydrogens is 434 g/mol. The third kappa shape index (κ3) is 4.28. The number of rotatable bonds is 8. The number of benzene rings is 2. The minimum Gasteiger partial charge on any atom is -0.457 e. The summed E-state index contributed by atoms with van der Waals surface area (Å²) >= 11 is 0. The minimum absolute atomic E-state index is 0.00154. The Hall–Kier alpha value is -4.02. The SMILES string of the molecule is Nc1ncnc2c1c(-c1ccc(Oc3ccccc3)cc1)nn2C1CN(C(=O)CNCCO)C1. The molecule has 1 amide bonds. The molecule has 5 rings (SSSR count). The van der Waals surface area contributed by atoms with Crippen LogP contribution >= 0.6 is 0 Å². The van der Waals surface area contributed by atoms with Crippen LogP contribution in [-0.2, 0) is 4.79 Å². The molecule has 0 unspecified atom stereocenters. The number of likely N-dealkylation sites (tertiary alicyclic amines) is 1. The van der Waals surface area contributed by atoms with E-state index in [1.165, 1.54) is 6.33 Å². The van der Waals surface area contributed by atoms with Gasteiger partial charge < -0.3 is 25.8 Å². The maximum atomic E-state index is 12.3. The van der Waals surface area contributed by atoms with Gasteiger partial charge in [0.25, 0.3) is 0 Å². The number of aromatic nitrogens is 4. The maximum Gasteiger partial charge on any atom is 0.236 e. The second-order valence-electron chi connectivity index (χ2n) is 8.04. The molecule has 2 aromatic heterocycles. The zero-order chi connectivity index (χ0) is 23.5. The Morgan fingerprint density at radius 3 is 2.56 bits per heavy atom. The highest BCUT2D eigenvalue weighted by molar-refractivity contribution is 5.98. The van der Waals surface area contributed by atoms with Gasteiger partial charge in [-0.15, -0.1) is 0 Å². The van der Waals surface area contributed by atoms with Crippen molar-refractivity contribution in [3.63, 3.8) is 0 Å². The first-order chi connectivity index (χ1) is 16.6. The van der Waals surface area contributed by atoms with Gasteiger partial charge in [0.15, 0.2) is 5.65 Å². The first-order valence-corrected chi connectivity index (χ1v) is 11.1. The zero-order valence-electron chi connectivity index (χ0n) is 18.5. The van der Waals surface area contributed by atoms with Crippen molar-refractivity contribution in [2.24, 2.45) is 0 Å². The van der Waals surface area contributed by atoms with E-state index in [1.54, 1.807) is 4.90 Å². The topological polar surface area (TPSA) is 131 Å². The van der Waals surface area contributed by atoms with Crippen LogP contribution in [0.3, 0.4) is 0 Å². The van der Waals surface area contributed by atoms with Crippen molar-refractivity contribution >= 4 is 22.8 Å². The molecule has 4 aromatic rings. The highest BCUT2D eigenvalue weighted by atomic mass is 16.5. The first kappa shape index (κ1) is 21.8. The Kier molecular flexibility index (Phi) is 6.07. The lowest BCUT2D eigenvalue weighted by Crippen LogP contribution is -2.53. The van der Waals surface area contributed by atoms with E-state index < -0.39 is 0 Å². The van der Waals surface area contributed by atoms with Crippen molar-refractivity contribution < 1.29 is 14.6 Å². The van der Waals surface area contributed by atoms with E-state index in [0.29, 0.717) is 47.9 Å². The quantitative estimate of drug-likeness (QED) is 0.340. The van der Waals surface area contributed by atoms with E-state index in [4.69, 9.17) is 20.7 Å². The van der Waals surface area contributed by atoms with E-state index in [2.05, 4.69) is 15.3 Å². The number of para-hydroxylation sites is 1. The fraction of sp³-hybridized carbons (Fsp3) is 0.250. The number of amides is 1. The van der Waals surface area contributed by atoms with Gasteiger partial charge in [0.2, 0.25) is 5.91 Å². The van der Waals surface area contributed by atoms with E-state index >= 15 is 0 Å². The van der Waals surface area contributed by atoms with Gasteiger partial charge in [0.1, 0.15) is 29.3 Å². The lowest BCUT2D eigenvalue weighted by atomic mass is 10.1. The summed E-state index contributed by atoms with van der Waals surface area (Å²) < 4.78 is 7.72. The molecule has 1 saturated heterocycles. The number of aliphatic hydroxyl groups excluding tert-OH is 1. The Labute approximate surface area is 196 Å². The summed E-state index contributed by atoms with van der Waals surface area (Å²) in [5.41, 5.74) is 8.42. The number of nitrogens with zero attached hydrogens (tertiary/aromatic N) is 5. The van der Waals surface area contributed by atoms with E-state index in [9.17, 15) is 4.79 Å². The second kappa shape index (κ2) is 9.46. The van der Waals surface area contributed by atoms with Gasteiger partial charge in [-0.3, -0.25) is 4.79 Å². The van der Waals surface area contributed by atoms with Gasteiger partial charge in [0, 0.05) is 25.2 Å². The minimum atomic E-state index is -0.00969. The van der Waals surface area contributed by atoms with Crippen LogP contribution in [0, 0.1) is 0 Å². The molecule has 174 valence electrons. The average molecular weight is 460 g/mol. The van der Waals surface area contributed by atoms with Crippen molar-refractivity contribution in [2.45, 2.75) is 6.04 Å². The van der Waals surface area contributed by atoms with Crippen molar-refractivity contribution in [1.29, 1.82) is 0 Å². The molecule has 0 radical (unpaired) electrons.